The first-order valence-corrected chi connectivity index (χ1v) is 9.06. The first-order valence-electron chi connectivity index (χ1n) is 9.06. The summed E-state index contributed by atoms with van der Waals surface area (Å²) in [5, 5.41) is 0. The van der Waals surface area contributed by atoms with E-state index in [1.54, 1.807) is 0 Å². The van der Waals surface area contributed by atoms with Crippen LogP contribution < -0.4 is 0 Å². The van der Waals surface area contributed by atoms with E-state index in [0.717, 1.165) is 25.9 Å². The van der Waals surface area contributed by atoms with Gasteiger partial charge in [-0.1, -0.05) is 30.3 Å². The van der Waals surface area contributed by atoms with Gasteiger partial charge in [-0.15, -0.1) is 0 Å². The van der Waals surface area contributed by atoms with E-state index in [9.17, 15) is 4.79 Å². The minimum atomic E-state index is -0.0997. The zero-order valence-electron chi connectivity index (χ0n) is 13.7. The standard InChI is InChI=1S/C19H26N2O2/c22-19(23-18-14-20-12-9-16(18)10-13-20)21-11-5-4-8-17(21)15-6-2-1-3-7-15/h1-3,6-7,16-18H,4-5,8-14H2. The van der Waals surface area contributed by atoms with E-state index in [0.29, 0.717) is 5.92 Å². The zero-order chi connectivity index (χ0) is 15.6. The van der Waals surface area contributed by atoms with E-state index >= 15 is 0 Å². The lowest BCUT2D eigenvalue weighted by atomic mass is 9.86. The lowest BCUT2D eigenvalue weighted by Gasteiger charge is -2.45. The summed E-state index contributed by atoms with van der Waals surface area (Å²) in [6.07, 6.45) is 5.67. The van der Waals surface area contributed by atoms with E-state index in [-0.39, 0.29) is 18.2 Å². The fraction of sp³-hybridized carbons (Fsp3) is 0.632. The highest BCUT2D eigenvalue weighted by atomic mass is 16.6. The number of nitrogens with zero attached hydrogens (tertiary/aromatic N) is 2. The molecule has 1 aromatic carbocycles. The van der Waals surface area contributed by atoms with Crippen LogP contribution in [-0.4, -0.2) is 48.2 Å². The first-order chi connectivity index (χ1) is 11.3. The molecule has 4 fully saturated rings. The van der Waals surface area contributed by atoms with Gasteiger partial charge in [0.25, 0.3) is 0 Å². The van der Waals surface area contributed by atoms with Crippen LogP contribution in [0, 0.1) is 5.92 Å². The summed E-state index contributed by atoms with van der Waals surface area (Å²) in [5.74, 6) is 0.573. The Labute approximate surface area is 138 Å². The second-order valence-corrected chi connectivity index (χ2v) is 7.18. The molecule has 0 aliphatic carbocycles. The summed E-state index contributed by atoms with van der Waals surface area (Å²) in [7, 11) is 0. The van der Waals surface area contributed by atoms with Crippen molar-refractivity contribution in [1.29, 1.82) is 0 Å². The van der Waals surface area contributed by atoms with Gasteiger partial charge in [-0.25, -0.2) is 4.79 Å². The van der Waals surface area contributed by atoms with Gasteiger partial charge in [0.1, 0.15) is 6.10 Å². The van der Waals surface area contributed by atoms with Crippen molar-refractivity contribution in [1.82, 2.24) is 9.80 Å². The van der Waals surface area contributed by atoms with Gasteiger partial charge in [-0.05, 0) is 56.7 Å². The maximum absolute atomic E-state index is 12.8. The van der Waals surface area contributed by atoms with Crippen LogP contribution in [0.15, 0.2) is 30.3 Å². The third kappa shape index (κ3) is 3.09. The molecule has 4 saturated heterocycles. The van der Waals surface area contributed by atoms with Crippen LogP contribution in [0.1, 0.15) is 43.7 Å². The van der Waals surface area contributed by atoms with Gasteiger partial charge in [0, 0.05) is 13.1 Å². The quantitative estimate of drug-likeness (QED) is 0.838. The lowest BCUT2D eigenvalue weighted by Crippen LogP contribution is -2.53. The zero-order valence-corrected chi connectivity index (χ0v) is 13.7. The highest BCUT2D eigenvalue weighted by Gasteiger charge is 2.38. The van der Waals surface area contributed by atoms with E-state index in [1.807, 2.05) is 11.0 Å². The van der Waals surface area contributed by atoms with Gasteiger partial charge in [0.2, 0.25) is 0 Å². The number of rotatable bonds is 2. The molecular weight excluding hydrogens is 288 g/mol. The molecule has 0 radical (unpaired) electrons. The fourth-order valence-electron chi connectivity index (χ4n) is 4.41. The van der Waals surface area contributed by atoms with Crippen molar-refractivity contribution >= 4 is 6.09 Å². The molecule has 1 aromatic rings. The van der Waals surface area contributed by atoms with E-state index in [2.05, 4.69) is 29.2 Å². The number of hydrogen-bond acceptors (Lipinski definition) is 3. The summed E-state index contributed by atoms with van der Waals surface area (Å²) >= 11 is 0. The molecule has 4 aliphatic rings. The van der Waals surface area contributed by atoms with Crippen LogP contribution >= 0.6 is 0 Å². The molecule has 124 valence electrons. The highest BCUT2D eigenvalue weighted by Crippen LogP contribution is 2.34. The normalized spacial score (nSPS) is 33.5. The van der Waals surface area contributed by atoms with Crippen molar-refractivity contribution in [2.45, 2.75) is 44.2 Å². The van der Waals surface area contributed by atoms with Crippen molar-refractivity contribution < 1.29 is 9.53 Å². The summed E-state index contributed by atoms with van der Waals surface area (Å²) in [4.78, 5) is 17.2. The Balaban J connectivity index is 1.45. The molecule has 2 unspecified atom stereocenters. The summed E-state index contributed by atoms with van der Waals surface area (Å²) in [6.45, 7) is 4.10. The number of hydrogen-bond donors (Lipinski definition) is 0. The molecular formula is C19H26N2O2. The Morgan fingerprint density at radius 2 is 1.78 bits per heavy atom. The van der Waals surface area contributed by atoms with Gasteiger partial charge in [-0.2, -0.15) is 0 Å². The molecule has 4 heteroatoms. The molecule has 4 heterocycles. The van der Waals surface area contributed by atoms with E-state index in [1.165, 1.54) is 37.9 Å². The Hall–Kier alpha value is -1.55. The van der Waals surface area contributed by atoms with Crippen LogP contribution in [-0.2, 0) is 4.74 Å². The number of ether oxygens (including phenoxy) is 1. The summed E-state index contributed by atoms with van der Waals surface area (Å²) in [5.41, 5.74) is 1.23. The SMILES string of the molecule is O=C(OC1CN2CCC1CC2)N1CCCCC1c1ccccc1. The van der Waals surface area contributed by atoms with Crippen molar-refractivity contribution in [3.8, 4) is 0 Å². The van der Waals surface area contributed by atoms with Gasteiger partial charge in [-0.3, -0.25) is 4.90 Å². The Morgan fingerprint density at radius 3 is 2.48 bits per heavy atom. The van der Waals surface area contributed by atoms with Gasteiger partial charge in [0.05, 0.1) is 6.04 Å². The van der Waals surface area contributed by atoms with Gasteiger partial charge >= 0.3 is 6.09 Å². The predicted octanol–water partition coefficient (Wildman–Crippen LogP) is 3.44. The van der Waals surface area contributed by atoms with E-state index in [4.69, 9.17) is 4.74 Å². The number of fused-ring (bicyclic) bond motifs is 3. The maximum atomic E-state index is 12.8. The highest BCUT2D eigenvalue weighted by molar-refractivity contribution is 5.69. The van der Waals surface area contributed by atoms with Gasteiger partial charge < -0.3 is 9.64 Å². The van der Waals surface area contributed by atoms with Crippen LogP contribution in [0.2, 0.25) is 0 Å². The Kier molecular flexibility index (Phi) is 4.25. The first kappa shape index (κ1) is 15.0. The largest absolute Gasteiger partial charge is 0.444 e. The number of benzene rings is 1. The fourth-order valence-corrected chi connectivity index (χ4v) is 4.41. The van der Waals surface area contributed by atoms with Crippen molar-refractivity contribution in [2.75, 3.05) is 26.2 Å². The monoisotopic (exact) mass is 314 g/mol. The van der Waals surface area contributed by atoms with E-state index < -0.39 is 0 Å². The minimum Gasteiger partial charge on any atom is -0.444 e. The summed E-state index contributed by atoms with van der Waals surface area (Å²) in [6, 6.07) is 10.6. The van der Waals surface area contributed by atoms with Crippen LogP contribution in [0.25, 0.3) is 0 Å². The average molecular weight is 314 g/mol. The van der Waals surface area contributed by atoms with Gasteiger partial charge in [0.15, 0.2) is 0 Å². The Morgan fingerprint density at radius 1 is 1.00 bits per heavy atom. The molecule has 0 saturated carbocycles. The molecule has 4 nitrogen and oxygen atoms in total. The summed E-state index contributed by atoms with van der Waals surface area (Å²) < 4.78 is 5.96. The van der Waals surface area contributed by atoms with Crippen molar-refractivity contribution in [2.24, 2.45) is 5.92 Å². The number of likely N-dealkylation sites (tertiary alicyclic amines) is 1. The number of carbonyl (C=O) groups is 1. The molecule has 1 amide bonds. The number of amides is 1. The van der Waals surface area contributed by atoms with Crippen molar-refractivity contribution in [3.05, 3.63) is 35.9 Å². The second-order valence-electron chi connectivity index (χ2n) is 7.18. The average Bonchev–Trinajstić information content (AvgIpc) is 2.63. The van der Waals surface area contributed by atoms with Crippen LogP contribution in [0.4, 0.5) is 4.79 Å². The molecule has 0 N–H and O–H groups in total. The lowest BCUT2D eigenvalue weighted by molar-refractivity contribution is -0.0490. The smallest absolute Gasteiger partial charge is 0.410 e. The molecule has 0 spiro atoms. The predicted molar refractivity (Wildman–Crippen MR) is 89.2 cm³/mol. The second kappa shape index (κ2) is 6.52. The molecule has 2 bridgehead atoms. The van der Waals surface area contributed by atoms with Crippen LogP contribution in [0.3, 0.4) is 0 Å². The number of piperidine rings is 4. The third-order valence-corrected chi connectivity index (χ3v) is 5.77. The van der Waals surface area contributed by atoms with Crippen LogP contribution in [0.5, 0.6) is 0 Å². The molecule has 2 atom stereocenters. The molecule has 5 rings (SSSR count). The number of carbonyl (C=O) groups excluding carboxylic acids is 1. The van der Waals surface area contributed by atoms with Crippen molar-refractivity contribution in [3.63, 3.8) is 0 Å². The minimum absolute atomic E-state index is 0.0997. The Bertz CT molecular complexity index is 540. The molecule has 0 aromatic heterocycles. The molecule has 23 heavy (non-hydrogen) atoms. The third-order valence-electron chi connectivity index (χ3n) is 5.77. The maximum Gasteiger partial charge on any atom is 0.410 e. The molecule has 4 aliphatic heterocycles. The topological polar surface area (TPSA) is 32.8 Å².